The second-order valence-corrected chi connectivity index (χ2v) is 9.42. The molecule has 2 amide bonds. The number of thiophene rings is 1. The van der Waals surface area contributed by atoms with Crippen LogP contribution in [0.15, 0.2) is 17.5 Å². The number of carbonyl (C=O) groups is 2. The number of carbonyl (C=O) groups excluding carboxylic acids is 2. The molecule has 1 atom stereocenters. The molecule has 3 fully saturated rings. The molecule has 2 saturated heterocycles. The normalized spacial score (nSPS) is 27.1. The summed E-state index contributed by atoms with van der Waals surface area (Å²) in [6.45, 7) is 4.90. The number of nitrogens with one attached hydrogen (secondary N) is 1. The third-order valence-corrected chi connectivity index (χ3v) is 6.95. The van der Waals surface area contributed by atoms with Crippen molar-refractivity contribution >= 4 is 23.2 Å². The minimum absolute atomic E-state index is 0.108. The molecule has 1 aliphatic carbocycles. The van der Waals surface area contributed by atoms with Gasteiger partial charge in [0.15, 0.2) is 0 Å². The first-order chi connectivity index (χ1) is 12.6. The minimum atomic E-state index is 0.108. The molecule has 1 spiro atoms. The van der Waals surface area contributed by atoms with E-state index in [-0.39, 0.29) is 11.3 Å². The summed E-state index contributed by atoms with van der Waals surface area (Å²) in [5, 5.41) is 5.07. The van der Waals surface area contributed by atoms with Crippen molar-refractivity contribution < 1.29 is 9.59 Å². The van der Waals surface area contributed by atoms with Crippen LogP contribution in [0.4, 0.5) is 0 Å². The summed E-state index contributed by atoms with van der Waals surface area (Å²) in [6.07, 6.45) is 6.56. The van der Waals surface area contributed by atoms with Crippen molar-refractivity contribution in [1.82, 2.24) is 15.1 Å². The highest BCUT2D eigenvalue weighted by molar-refractivity contribution is 7.09. The molecule has 2 aliphatic heterocycles. The molecule has 5 nitrogen and oxygen atoms in total. The van der Waals surface area contributed by atoms with Gasteiger partial charge in [-0.1, -0.05) is 6.07 Å². The lowest BCUT2D eigenvalue weighted by Gasteiger charge is -2.48. The zero-order valence-electron chi connectivity index (χ0n) is 15.4. The molecule has 1 N–H and O–H groups in total. The van der Waals surface area contributed by atoms with Gasteiger partial charge >= 0.3 is 0 Å². The SMILES string of the molecule is O=C(CN1CCC[C@]2(CCC(=O)N(CC3CC3)C2)C1)NCc1cccs1. The highest BCUT2D eigenvalue weighted by atomic mass is 32.1. The Balaban J connectivity index is 1.30. The van der Waals surface area contributed by atoms with E-state index in [1.165, 1.54) is 24.1 Å². The second-order valence-electron chi connectivity index (χ2n) is 8.39. The van der Waals surface area contributed by atoms with Crippen LogP contribution in [0.1, 0.15) is 43.4 Å². The first kappa shape index (κ1) is 18.0. The fourth-order valence-electron chi connectivity index (χ4n) is 4.52. The van der Waals surface area contributed by atoms with E-state index in [2.05, 4.69) is 15.1 Å². The standard InChI is InChI=1S/C20H29N3O2S/c24-18(21-11-17-3-1-10-26-17)13-22-9-2-7-20(14-22)8-6-19(25)23(15-20)12-16-4-5-16/h1,3,10,16H,2,4-9,11-15H2,(H,21,24)/t20-/m0/s1. The molecule has 0 radical (unpaired) electrons. The number of amides is 2. The maximum atomic E-state index is 12.3. The number of hydrogen-bond acceptors (Lipinski definition) is 4. The van der Waals surface area contributed by atoms with Gasteiger partial charge in [-0.15, -0.1) is 11.3 Å². The lowest BCUT2D eigenvalue weighted by Crippen LogP contribution is -2.55. The summed E-state index contributed by atoms with van der Waals surface area (Å²) in [5.74, 6) is 1.20. The predicted octanol–water partition coefficient (Wildman–Crippen LogP) is 2.48. The van der Waals surface area contributed by atoms with Crippen molar-refractivity contribution in [2.24, 2.45) is 11.3 Å². The van der Waals surface area contributed by atoms with Crippen LogP contribution in [-0.2, 0) is 16.1 Å². The van der Waals surface area contributed by atoms with Crippen LogP contribution in [0.3, 0.4) is 0 Å². The predicted molar refractivity (Wildman–Crippen MR) is 103 cm³/mol. The van der Waals surface area contributed by atoms with Crippen molar-refractivity contribution in [3.63, 3.8) is 0 Å². The largest absolute Gasteiger partial charge is 0.350 e. The van der Waals surface area contributed by atoms with Gasteiger partial charge in [-0.25, -0.2) is 0 Å². The third-order valence-electron chi connectivity index (χ3n) is 6.07. The van der Waals surface area contributed by atoms with Gasteiger partial charge in [-0.3, -0.25) is 14.5 Å². The Bertz CT molecular complexity index is 643. The van der Waals surface area contributed by atoms with E-state index in [0.717, 1.165) is 44.9 Å². The first-order valence-corrected chi connectivity index (χ1v) is 10.8. The minimum Gasteiger partial charge on any atom is -0.350 e. The van der Waals surface area contributed by atoms with Gasteiger partial charge in [0.2, 0.25) is 11.8 Å². The molecule has 0 bridgehead atoms. The molecule has 6 heteroatoms. The first-order valence-electron chi connectivity index (χ1n) is 9.91. The van der Waals surface area contributed by atoms with E-state index in [1.54, 1.807) is 11.3 Å². The van der Waals surface area contributed by atoms with E-state index in [1.807, 2.05) is 17.5 Å². The zero-order valence-corrected chi connectivity index (χ0v) is 16.2. The number of likely N-dealkylation sites (tertiary alicyclic amines) is 2. The molecule has 1 aromatic heterocycles. The Labute approximate surface area is 159 Å². The monoisotopic (exact) mass is 375 g/mol. The van der Waals surface area contributed by atoms with Gasteiger partial charge in [0.1, 0.15) is 0 Å². The van der Waals surface area contributed by atoms with E-state index in [4.69, 9.17) is 0 Å². The highest BCUT2D eigenvalue weighted by Crippen LogP contribution is 2.40. The molecule has 1 aromatic rings. The lowest BCUT2D eigenvalue weighted by atomic mass is 9.73. The van der Waals surface area contributed by atoms with Crippen molar-refractivity contribution in [3.8, 4) is 0 Å². The number of piperidine rings is 2. The van der Waals surface area contributed by atoms with E-state index >= 15 is 0 Å². The van der Waals surface area contributed by atoms with Gasteiger partial charge in [-0.05, 0) is 56.0 Å². The van der Waals surface area contributed by atoms with Crippen molar-refractivity contribution in [2.45, 2.75) is 45.1 Å². The van der Waals surface area contributed by atoms with Gasteiger partial charge in [0.25, 0.3) is 0 Å². The average molecular weight is 376 g/mol. The van der Waals surface area contributed by atoms with Gasteiger partial charge in [-0.2, -0.15) is 0 Å². The van der Waals surface area contributed by atoms with Gasteiger partial charge < -0.3 is 10.2 Å². The summed E-state index contributed by atoms with van der Waals surface area (Å²) in [4.78, 5) is 30.2. The van der Waals surface area contributed by atoms with Crippen LogP contribution in [0.5, 0.6) is 0 Å². The summed E-state index contributed by atoms with van der Waals surface area (Å²) < 4.78 is 0. The smallest absolute Gasteiger partial charge is 0.234 e. The maximum absolute atomic E-state index is 12.3. The molecular formula is C20H29N3O2S. The molecule has 3 heterocycles. The number of rotatable bonds is 6. The highest BCUT2D eigenvalue weighted by Gasteiger charge is 2.42. The Hall–Kier alpha value is -1.40. The molecule has 26 heavy (non-hydrogen) atoms. The summed E-state index contributed by atoms with van der Waals surface area (Å²) in [6, 6.07) is 4.06. The van der Waals surface area contributed by atoms with Crippen LogP contribution < -0.4 is 5.32 Å². The topological polar surface area (TPSA) is 52.7 Å². The van der Waals surface area contributed by atoms with Gasteiger partial charge in [0, 0.05) is 36.3 Å². The average Bonchev–Trinajstić information content (AvgIpc) is 3.28. The van der Waals surface area contributed by atoms with E-state index in [9.17, 15) is 9.59 Å². The fraction of sp³-hybridized carbons (Fsp3) is 0.700. The van der Waals surface area contributed by atoms with Crippen molar-refractivity contribution in [2.75, 3.05) is 32.7 Å². The van der Waals surface area contributed by atoms with Crippen molar-refractivity contribution in [3.05, 3.63) is 22.4 Å². The summed E-state index contributed by atoms with van der Waals surface area (Å²) >= 11 is 1.67. The zero-order chi connectivity index (χ0) is 18.0. The van der Waals surface area contributed by atoms with Crippen LogP contribution in [0.2, 0.25) is 0 Å². The van der Waals surface area contributed by atoms with E-state index in [0.29, 0.717) is 25.4 Å². The lowest BCUT2D eigenvalue weighted by molar-refractivity contribution is -0.140. The Morgan fingerprint density at radius 2 is 2.19 bits per heavy atom. The number of nitrogens with zero attached hydrogens (tertiary/aromatic N) is 2. The van der Waals surface area contributed by atoms with Crippen LogP contribution in [0.25, 0.3) is 0 Å². The summed E-state index contributed by atoms with van der Waals surface area (Å²) in [7, 11) is 0. The Morgan fingerprint density at radius 1 is 1.31 bits per heavy atom. The molecule has 142 valence electrons. The Kier molecular flexibility index (Phi) is 5.32. The molecule has 0 unspecified atom stereocenters. The summed E-state index contributed by atoms with van der Waals surface area (Å²) in [5.41, 5.74) is 0.203. The van der Waals surface area contributed by atoms with E-state index < -0.39 is 0 Å². The molecule has 1 saturated carbocycles. The van der Waals surface area contributed by atoms with Crippen LogP contribution in [-0.4, -0.2) is 54.3 Å². The van der Waals surface area contributed by atoms with Crippen LogP contribution in [0, 0.1) is 11.3 Å². The molecular weight excluding hydrogens is 346 g/mol. The second kappa shape index (κ2) is 7.69. The Morgan fingerprint density at radius 3 is 2.96 bits per heavy atom. The van der Waals surface area contributed by atoms with Gasteiger partial charge in [0.05, 0.1) is 13.1 Å². The van der Waals surface area contributed by atoms with Crippen molar-refractivity contribution in [1.29, 1.82) is 0 Å². The fourth-order valence-corrected chi connectivity index (χ4v) is 5.16. The quantitative estimate of drug-likeness (QED) is 0.831. The third kappa shape index (κ3) is 4.46. The molecule has 0 aromatic carbocycles. The van der Waals surface area contributed by atoms with Crippen LogP contribution >= 0.6 is 11.3 Å². The number of hydrogen-bond donors (Lipinski definition) is 1. The maximum Gasteiger partial charge on any atom is 0.234 e. The molecule has 4 rings (SSSR count). The molecule has 3 aliphatic rings.